The van der Waals surface area contributed by atoms with Crippen molar-refractivity contribution in [3.8, 4) is 0 Å². The molecule has 6 nitrogen and oxygen atoms in total. The van der Waals surface area contributed by atoms with Gasteiger partial charge >= 0.3 is 0 Å². The quantitative estimate of drug-likeness (QED) is 0.843. The molecule has 0 aromatic carbocycles. The van der Waals surface area contributed by atoms with E-state index in [9.17, 15) is 0 Å². The van der Waals surface area contributed by atoms with Crippen molar-refractivity contribution in [1.82, 2.24) is 24.8 Å². The minimum atomic E-state index is 0.509. The van der Waals surface area contributed by atoms with Crippen molar-refractivity contribution in [2.24, 2.45) is 0 Å². The second-order valence-electron chi connectivity index (χ2n) is 6.17. The van der Waals surface area contributed by atoms with E-state index >= 15 is 0 Å². The third kappa shape index (κ3) is 3.00. The lowest BCUT2D eigenvalue weighted by Gasteiger charge is -2.34. The van der Waals surface area contributed by atoms with E-state index in [0.29, 0.717) is 12.0 Å². The average molecular weight is 287 g/mol. The minimum Gasteiger partial charge on any atom is -0.338 e. The second kappa shape index (κ2) is 5.60. The lowest BCUT2D eigenvalue weighted by atomic mass is 10.0. The third-order valence-corrected chi connectivity index (χ3v) is 4.47. The highest BCUT2D eigenvalue weighted by atomic mass is 16.5. The first-order valence-electron chi connectivity index (χ1n) is 7.92. The summed E-state index contributed by atoms with van der Waals surface area (Å²) in [5.41, 5.74) is 0. The van der Waals surface area contributed by atoms with E-state index < -0.39 is 0 Å². The molecule has 6 heteroatoms. The van der Waals surface area contributed by atoms with Gasteiger partial charge < -0.3 is 4.52 Å². The summed E-state index contributed by atoms with van der Waals surface area (Å²) in [7, 11) is 0. The molecule has 3 heterocycles. The average Bonchev–Trinajstić information content (AvgIpc) is 3.03. The van der Waals surface area contributed by atoms with Gasteiger partial charge in [0.25, 0.3) is 0 Å². The van der Waals surface area contributed by atoms with Gasteiger partial charge in [0.05, 0.1) is 13.1 Å². The molecule has 2 aromatic heterocycles. The zero-order valence-electron chi connectivity index (χ0n) is 12.2. The van der Waals surface area contributed by atoms with Gasteiger partial charge in [0.1, 0.15) is 0 Å². The Bertz CT molecular complexity index is 575. The standard InChI is InChI=1S/C15H21N5O/c1-2-8-19(13(4-1)10-20-9-3-7-16-20)11-14-17-15(18-21-14)12-5-6-12/h3,7,9,12-13H,1-2,4-6,8,10-11H2/t13-/m0/s1. The molecule has 2 aromatic rings. The molecule has 1 saturated carbocycles. The summed E-state index contributed by atoms with van der Waals surface area (Å²) in [6.45, 7) is 2.81. The van der Waals surface area contributed by atoms with Gasteiger partial charge in [-0.2, -0.15) is 10.1 Å². The topological polar surface area (TPSA) is 60.0 Å². The molecule has 21 heavy (non-hydrogen) atoms. The molecular formula is C15H21N5O. The van der Waals surface area contributed by atoms with E-state index in [1.165, 1.54) is 32.1 Å². The van der Waals surface area contributed by atoms with E-state index in [4.69, 9.17) is 4.52 Å². The van der Waals surface area contributed by atoms with Crippen molar-refractivity contribution >= 4 is 0 Å². The zero-order chi connectivity index (χ0) is 14.1. The number of likely N-dealkylation sites (tertiary alicyclic amines) is 1. The number of hydrogen-bond acceptors (Lipinski definition) is 5. The Balaban J connectivity index is 1.42. The van der Waals surface area contributed by atoms with Crippen LogP contribution in [0.1, 0.15) is 49.7 Å². The van der Waals surface area contributed by atoms with Crippen LogP contribution in [0.25, 0.3) is 0 Å². The maximum Gasteiger partial charge on any atom is 0.240 e. The van der Waals surface area contributed by atoms with Crippen molar-refractivity contribution < 1.29 is 4.52 Å². The predicted molar refractivity (Wildman–Crippen MR) is 76.5 cm³/mol. The molecule has 4 rings (SSSR count). The van der Waals surface area contributed by atoms with Gasteiger partial charge in [0, 0.05) is 24.4 Å². The summed E-state index contributed by atoms with van der Waals surface area (Å²) < 4.78 is 7.45. The van der Waals surface area contributed by atoms with Gasteiger partial charge in [-0.05, 0) is 38.3 Å². The Morgan fingerprint density at radius 2 is 2.19 bits per heavy atom. The Kier molecular flexibility index (Phi) is 3.47. The van der Waals surface area contributed by atoms with Gasteiger partial charge in [-0.25, -0.2) is 0 Å². The summed E-state index contributed by atoms with van der Waals surface area (Å²) in [4.78, 5) is 7.02. The molecule has 0 bridgehead atoms. The SMILES string of the molecule is c1cnn(C[C@@H]2CCCCN2Cc2nc(C3CC3)no2)c1. The third-order valence-electron chi connectivity index (χ3n) is 4.47. The Labute approximate surface area is 124 Å². The summed E-state index contributed by atoms with van der Waals surface area (Å²) in [6.07, 6.45) is 10.1. The van der Waals surface area contributed by atoms with Crippen LogP contribution in [0.5, 0.6) is 0 Å². The largest absolute Gasteiger partial charge is 0.338 e. The van der Waals surface area contributed by atoms with Crippen LogP contribution in [-0.4, -0.2) is 37.4 Å². The summed E-state index contributed by atoms with van der Waals surface area (Å²) in [5.74, 6) is 2.23. The fraction of sp³-hybridized carbons (Fsp3) is 0.667. The summed E-state index contributed by atoms with van der Waals surface area (Å²) in [5, 5.41) is 8.44. The number of rotatable bonds is 5. The normalized spacial score (nSPS) is 23.5. The zero-order valence-corrected chi connectivity index (χ0v) is 12.2. The van der Waals surface area contributed by atoms with E-state index in [-0.39, 0.29) is 0 Å². The summed E-state index contributed by atoms with van der Waals surface area (Å²) in [6, 6.07) is 2.49. The first kappa shape index (κ1) is 13.0. The van der Waals surface area contributed by atoms with Crippen molar-refractivity contribution in [1.29, 1.82) is 0 Å². The Hall–Kier alpha value is -1.69. The van der Waals surface area contributed by atoms with Crippen molar-refractivity contribution in [2.45, 2.75) is 57.2 Å². The van der Waals surface area contributed by atoms with Crippen molar-refractivity contribution in [3.63, 3.8) is 0 Å². The van der Waals surface area contributed by atoms with Gasteiger partial charge in [-0.1, -0.05) is 11.6 Å². The van der Waals surface area contributed by atoms with Gasteiger partial charge in [0.15, 0.2) is 5.82 Å². The van der Waals surface area contributed by atoms with Gasteiger partial charge in [-0.3, -0.25) is 9.58 Å². The van der Waals surface area contributed by atoms with Crippen LogP contribution in [0.15, 0.2) is 23.0 Å². The van der Waals surface area contributed by atoms with Crippen LogP contribution in [0.2, 0.25) is 0 Å². The van der Waals surface area contributed by atoms with E-state index in [0.717, 1.165) is 31.3 Å². The molecular weight excluding hydrogens is 266 g/mol. The smallest absolute Gasteiger partial charge is 0.240 e. The molecule has 0 unspecified atom stereocenters. The minimum absolute atomic E-state index is 0.509. The van der Waals surface area contributed by atoms with Crippen molar-refractivity contribution in [3.05, 3.63) is 30.2 Å². The van der Waals surface area contributed by atoms with Crippen LogP contribution in [-0.2, 0) is 13.1 Å². The monoisotopic (exact) mass is 287 g/mol. The maximum absolute atomic E-state index is 5.43. The molecule has 1 aliphatic carbocycles. The van der Waals surface area contributed by atoms with E-state index in [2.05, 4.69) is 20.1 Å². The number of piperidine rings is 1. The highest BCUT2D eigenvalue weighted by molar-refractivity contribution is 5.03. The van der Waals surface area contributed by atoms with E-state index in [1.54, 1.807) is 0 Å². The molecule has 112 valence electrons. The molecule has 0 amide bonds. The van der Waals surface area contributed by atoms with Crippen LogP contribution in [0.4, 0.5) is 0 Å². The van der Waals surface area contributed by atoms with Crippen LogP contribution in [0, 0.1) is 0 Å². The fourth-order valence-electron chi connectivity index (χ4n) is 3.11. The molecule has 0 N–H and O–H groups in total. The molecule has 0 radical (unpaired) electrons. The number of hydrogen-bond donors (Lipinski definition) is 0. The van der Waals surface area contributed by atoms with Crippen LogP contribution in [0.3, 0.4) is 0 Å². The summed E-state index contributed by atoms with van der Waals surface area (Å²) >= 11 is 0. The van der Waals surface area contributed by atoms with Crippen molar-refractivity contribution in [2.75, 3.05) is 6.54 Å². The highest BCUT2D eigenvalue weighted by Gasteiger charge is 2.30. The second-order valence-corrected chi connectivity index (χ2v) is 6.17. The molecule has 2 aliphatic rings. The maximum atomic E-state index is 5.43. The van der Waals surface area contributed by atoms with Gasteiger partial charge in [0.2, 0.25) is 5.89 Å². The Morgan fingerprint density at radius 3 is 3.00 bits per heavy atom. The van der Waals surface area contributed by atoms with Crippen LogP contribution < -0.4 is 0 Å². The molecule has 1 atom stereocenters. The first-order valence-corrected chi connectivity index (χ1v) is 7.92. The fourth-order valence-corrected chi connectivity index (χ4v) is 3.11. The Morgan fingerprint density at radius 1 is 1.24 bits per heavy atom. The molecule has 0 spiro atoms. The predicted octanol–water partition coefficient (Wildman–Crippen LogP) is 2.20. The number of nitrogens with zero attached hydrogens (tertiary/aromatic N) is 5. The first-order chi connectivity index (χ1) is 10.4. The lowest BCUT2D eigenvalue weighted by Crippen LogP contribution is -2.41. The lowest BCUT2D eigenvalue weighted by molar-refractivity contribution is 0.108. The molecule has 2 fully saturated rings. The number of aromatic nitrogens is 4. The van der Waals surface area contributed by atoms with E-state index in [1.807, 2.05) is 23.1 Å². The van der Waals surface area contributed by atoms with Crippen LogP contribution >= 0.6 is 0 Å². The van der Waals surface area contributed by atoms with Gasteiger partial charge in [-0.15, -0.1) is 0 Å². The molecule has 1 aliphatic heterocycles. The highest BCUT2D eigenvalue weighted by Crippen LogP contribution is 2.38. The molecule has 1 saturated heterocycles.